The summed E-state index contributed by atoms with van der Waals surface area (Å²) >= 11 is 0. The first-order valence-corrected chi connectivity index (χ1v) is 8.99. The molecule has 0 radical (unpaired) electrons. The summed E-state index contributed by atoms with van der Waals surface area (Å²) < 4.78 is 0. The molecule has 1 saturated carbocycles. The van der Waals surface area contributed by atoms with Gasteiger partial charge in [0.1, 0.15) is 0 Å². The van der Waals surface area contributed by atoms with E-state index in [9.17, 15) is 14.7 Å². The van der Waals surface area contributed by atoms with Crippen LogP contribution in [0, 0.1) is 0 Å². The van der Waals surface area contributed by atoms with E-state index in [1.165, 1.54) is 10.5 Å². The maximum absolute atomic E-state index is 11.8. The zero-order valence-corrected chi connectivity index (χ0v) is 15.0. The number of benzene rings is 1. The molecule has 26 heavy (non-hydrogen) atoms. The molecule has 1 aliphatic rings. The van der Waals surface area contributed by atoms with Gasteiger partial charge in [0.15, 0.2) is 0 Å². The highest BCUT2D eigenvalue weighted by Gasteiger charge is 2.29. The Balaban J connectivity index is 1.78. The Morgan fingerprint density at radius 2 is 1.77 bits per heavy atom. The van der Waals surface area contributed by atoms with Crippen molar-refractivity contribution in [1.82, 2.24) is 9.88 Å². The molecular formula is C20H25N3O3. The molecule has 1 fully saturated rings. The molecule has 6 nitrogen and oxygen atoms in total. The summed E-state index contributed by atoms with van der Waals surface area (Å²) in [6, 6.07) is 14.1. The Morgan fingerprint density at radius 3 is 2.38 bits per heavy atom. The van der Waals surface area contributed by atoms with E-state index in [0.717, 1.165) is 37.9 Å². The third kappa shape index (κ3) is 4.25. The first kappa shape index (κ1) is 18.0. The van der Waals surface area contributed by atoms with E-state index in [4.69, 9.17) is 0 Å². The average Bonchev–Trinajstić information content (AvgIpc) is 2.66. The number of pyridine rings is 1. The van der Waals surface area contributed by atoms with Crippen molar-refractivity contribution in [3.05, 3.63) is 64.6 Å². The van der Waals surface area contributed by atoms with Crippen LogP contribution in [-0.4, -0.2) is 40.2 Å². The van der Waals surface area contributed by atoms with Gasteiger partial charge in [-0.25, -0.2) is 4.79 Å². The van der Waals surface area contributed by atoms with Crippen molar-refractivity contribution in [2.45, 2.75) is 44.3 Å². The fourth-order valence-electron chi connectivity index (χ4n) is 3.74. The van der Waals surface area contributed by atoms with E-state index in [1.54, 1.807) is 19.3 Å². The summed E-state index contributed by atoms with van der Waals surface area (Å²) in [5.74, 6) is 0. The van der Waals surface area contributed by atoms with Crippen LogP contribution in [0.15, 0.2) is 53.5 Å². The van der Waals surface area contributed by atoms with E-state index in [2.05, 4.69) is 22.0 Å². The van der Waals surface area contributed by atoms with Crippen LogP contribution in [0.5, 0.6) is 0 Å². The summed E-state index contributed by atoms with van der Waals surface area (Å²) in [5.41, 5.74) is 1.99. The van der Waals surface area contributed by atoms with Crippen LogP contribution < -0.4 is 10.5 Å². The largest absolute Gasteiger partial charge is 0.465 e. The van der Waals surface area contributed by atoms with Crippen LogP contribution in [0.1, 0.15) is 31.2 Å². The molecule has 2 aromatic rings. The SMILES string of the molecule is CN(C(=O)O)C1CCC(N(Cc2ccccc2)c2cc[nH]c(=O)c2)CC1. The molecule has 138 valence electrons. The van der Waals surface area contributed by atoms with E-state index < -0.39 is 6.09 Å². The summed E-state index contributed by atoms with van der Waals surface area (Å²) in [4.78, 5) is 29.4. The van der Waals surface area contributed by atoms with Crippen molar-refractivity contribution < 1.29 is 9.90 Å². The molecule has 1 aromatic carbocycles. The number of H-pyrrole nitrogens is 1. The number of hydrogen-bond acceptors (Lipinski definition) is 3. The van der Waals surface area contributed by atoms with Gasteiger partial charge in [0.25, 0.3) is 0 Å². The molecule has 0 aliphatic heterocycles. The molecule has 0 unspecified atom stereocenters. The third-order valence-electron chi connectivity index (χ3n) is 5.24. The smallest absolute Gasteiger partial charge is 0.407 e. The van der Waals surface area contributed by atoms with Gasteiger partial charge >= 0.3 is 6.09 Å². The zero-order valence-electron chi connectivity index (χ0n) is 15.0. The van der Waals surface area contributed by atoms with E-state index in [0.29, 0.717) is 0 Å². The second-order valence-electron chi connectivity index (χ2n) is 6.88. The monoisotopic (exact) mass is 355 g/mol. The lowest BCUT2D eigenvalue weighted by Crippen LogP contribution is -2.44. The number of aromatic nitrogens is 1. The van der Waals surface area contributed by atoms with Crippen LogP contribution in [-0.2, 0) is 6.54 Å². The normalized spacial score (nSPS) is 19.7. The maximum atomic E-state index is 11.8. The predicted molar refractivity (Wildman–Crippen MR) is 102 cm³/mol. The quantitative estimate of drug-likeness (QED) is 0.863. The molecule has 0 bridgehead atoms. The van der Waals surface area contributed by atoms with Crippen molar-refractivity contribution in [3.63, 3.8) is 0 Å². The van der Waals surface area contributed by atoms with Gasteiger partial charge in [-0.3, -0.25) is 4.79 Å². The van der Waals surface area contributed by atoms with Crippen LogP contribution >= 0.6 is 0 Å². The standard InChI is InChI=1S/C20H25N3O3/c1-22(20(25)26)16-7-9-17(10-8-16)23(14-15-5-3-2-4-6-15)18-11-12-21-19(24)13-18/h2-6,11-13,16-17H,7-10,14H2,1H3,(H,21,24)(H,25,26). The third-order valence-corrected chi connectivity index (χ3v) is 5.24. The van der Waals surface area contributed by atoms with E-state index >= 15 is 0 Å². The Hall–Kier alpha value is -2.76. The van der Waals surface area contributed by atoms with Gasteiger partial charge in [-0.05, 0) is 37.3 Å². The summed E-state index contributed by atoms with van der Waals surface area (Å²) in [6.07, 6.45) is 4.29. The van der Waals surface area contributed by atoms with Gasteiger partial charge in [0, 0.05) is 43.6 Å². The number of carboxylic acid groups (broad SMARTS) is 1. The number of rotatable bonds is 5. The molecule has 2 N–H and O–H groups in total. The van der Waals surface area contributed by atoms with Gasteiger partial charge in [-0.2, -0.15) is 0 Å². The fourth-order valence-corrected chi connectivity index (χ4v) is 3.74. The molecule has 3 rings (SSSR count). The second kappa shape index (κ2) is 8.08. The highest BCUT2D eigenvalue weighted by molar-refractivity contribution is 5.65. The van der Waals surface area contributed by atoms with Crippen molar-refractivity contribution in [2.24, 2.45) is 0 Å². The minimum absolute atomic E-state index is 0.0708. The molecule has 6 heteroatoms. The van der Waals surface area contributed by atoms with Gasteiger partial charge in [-0.15, -0.1) is 0 Å². The number of nitrogens with one attached hydrogen (secondary N) is 1. The molecule has 0 atom stereocenters. The topological polar surface area (TPSA) is 76.6 Å². The average molecular weight is 355 g/mol. The summed E-state index contributed by atoms with van der Waals surface area (Å²) in [7, 11) is 1.64. The fraction of sp³-hybridized carbons (Fsp3) is 0.400. The molecule has 0 saturated heterocycles. The van der Waals surface area contributed by atoms with Gasteiger partial charge in [0.2, 0.25) is 5.56 Å². The Labute approximate surface area is 153 Å². The Morgan fingerprint density at radius 1 is 1.12 bits per heavy atom. The van der Waals surface area contributed by atoms with Crippen LogP contribution in [0.25, 0.3) is 0 Å². The minimum atomic E-state index is -0.871. The molecule has 1 aromatic heterocycles. The Bertz CT molecular complexity index is 782. The highest BCUT2D eigenvalue weighted by Crippen LogP contribution is 2.30. The summed E-state index contributed by atoms with van der Waals surface area (Å²) in [5, 5.41) is 9.19. The Kier molecular flexibility index (Phi) is 5.61. The summed E-state index contributed by atoms with van der Waals surface area (Å²) in [6.45, 7) is 0.731. The molecule has 1 aliphatic carbocycles. The first-order valence-electron chi connectivity index (χ1n) is 8.99. The highest BCUT2D eigenvalue weighted by atomic mass is 16.4. The molecule has 0 spiro atoms. The number of hydrogen-bond donors (Lipinski definition) is 2. The number of carbonyl (C=O) groups is 1. The van der Waals surface area contributed by atoms with Crippen molar-refractivity contribution in [3.8, 4) is 0 Å². The van der Waals surface area contributed by atoms with Crippen LogP contribution in [0.3, 0.4) is 0 Å². The van der Waals surface area contributed by atoms with Gasteiger partial charge < -0.3 is 19.9 Å². The van der Waals surface area contributed by atoms with E-state index in [-0.39, 0.29) is 17.6 Å². The van der Waals surface area contributed by atoms with Crippen molar-refractivity contribution >= 4 is 11.8 Å². The van der Waals surface area contributed by atoms with Gasteiger partial charge in [-0.1, -0.05) is 30.3 Å². The van der Waals surface area contributed by atoms with Crippen LogP contribution in [0.2, 0.25) is 0 Å². The minimum Gasteiger partial charge on any atom is -0.465 e. The molecular weight excluding hydrogens is 330 g/mol. The van der Waals surface area contributed by atoms with E-state index in [1.807, 2.05) is 24.3 Å². The number of aromatic amines is 1. The molecule has 1 heterocycles. The first-order chi connectivity index (χ1) is 12.5. The number of nitrogens with zero attached hydrogens (tertiary/aromatic N) is 2. The maximum Gasteiger partial charge on any atom is 0.407 e. The van der Waals surface area contributed by atoms with Crippen molar-refractivity contribution in [1.29, 1.82) is 0 Å². The zero-order chi connectivity index (χ0) is 18.5. The molecule has 1 amide bonds. The lowest BCUT2D eigenvalue weighted by Gasteiger charge is -2.40. The van der Waals surface area contributed by atoms with Crippen LogP contribution in [0.4, 0.5) is 10.5 Å². The lowest BCUT2D eigenvalue weighted by atomic mass is 9.89. The van der Waals surface area contributed by atoms with Crippen molar-refractivity contribution in [2.75, 3.05) is 11.9 Å². The number of amides is 1. The number of anilines is 1. The second-order valence-corrected chi connectivity index (χ2v) is 6.88. The predicted octanol–water partition coefficient (Wildman–Crippen LogP) is 3.30. The lowest BCUT2D eigenvalue weighted by molar-refractivity contribution is 0.123. The van der Waals surface area contributed by atoms with Gasteiger partial charge in [0.05, 0.1) is 0 Å².